The first-order chi connectivity index (χ1) is 6.79. The Morgan fingerprint density at radius 3 is 2.79 bits per heavy atom. The van der Waals surface area contributed by atoms with Gasteiger partial charge in [-0.25, -0.2) is 0 Å². The molecule has 0 aliphatic rings. The summed E-state index contributed by atoms with van der Waals surface area (Å²) >= 11 is 0. The molecule has 0 radical (unpaired) electrons. The van der Waals surface area contributed by atoms with Crippen LogP contribution < -0.4 is 10.6 Å². The van der Waals surface area contributed by atoms with Gasteiger partial charge in [0.05, 0.1) is 0 Å². The molecule has 3 N–H and O–H groups in total. The number of H-pyrrole nitrogens is 1. The fourth-order valence-corrected chi connectivity index (χ4v) is 1.32. The Morgan fingerprint density at radius 2 is 2.14 bits per heavy atom. The van der Waals surface area contributed by atoms with Crippen LogP contribution in [0.1, 0.15) is 19.4 Å². The van der Waals surface area contributed by atoms with E-state index < -0.39 is 0 Å². The van der Waals surface area contributed by atoms with Gasteiger partial charge in [-0.1, -0.05) is 13.8 Å². The molecule has 1 aromatic heterocycles. The third kappa shape index (κ3) is 5.04. The van der Waals surface area contributed by atoms with Crippen molar-refractivity contribution in [3.63, 3.8) is 0 Å². The lowest BCUT2D eigenvalue weighted by atomic mass is 10.2. The van der Waals surface area contributed by atoms with E-state index in [1.165, 1.54) is 5.56 Å². The van der Waals surface area contributed by atoms with Gasteiger partial charge in [0, 0.05) is 31.5 Å². The molecule has 0 spiro atoms. The van der Waals surface area contributed by atoms with E-state index in [-0.39, 0.29) is 0 Å². The minimum atomic E-state index is 0.585. The van der Waals surface area contributed by atoms with Gasteiger partial charge in [0.2, 0.25) is 0 Å². The first-order valence-corrected chi connectivity index (χ1v) is 5.35. The van der Waals surface area contributed by atoms with Crippen molar-refractivity contribution < 1.29 is 0 Å². The van der Waals surface area contributed by atoms with E-state index in [9.17, 15) is 0 Å². The third-order valence-electron chi connectivity index (χ3n) is 2.11. The minimum Gasteiger partial charge on any atom is -0.367 e. The Hall–Kier alpha value is -0.800. The molecule has 1 aromatic rings. The molecule has 0 saturated heterocycles. The first kappa shape index (κ1) is 11.3. The molecule has 0 aliphatic carbocycles. The van der Waals surface area contributed by atoms with E-state index in [0.717, 1.165) is 26.1 Å². The Bertz CT molecular complexity index is 216. The molecule has 0 aromatic carbocycles. The number of aromatic nitrogens is 1. The van der Waals surface area contributed by atoms with Crippen molar-refractivity contribution in [1.29, 1.82) is 0 Å². The Labute approximate surface area is 86.3 Å². The van der Waals surface area contributed by atoms with Gasteiger partial charge in [-0.3, -0.25) is 0 Å². The predicted octanol–water partition coefficient (Wildman–Crippen LogP) is 1.14. The molecule has 1 rings (SSSR count). The highest BCUT2D eigenvalue weighted by Gasteiger charge is 1.93. The fourth-order valence-electron chi connectivity index (χ4n) is 1.32. The smallest absolute Gasteiger partial charge is 0.00790 e. The van der Waals surface area contributed by atoms with Crippen molar-refractivity contribution >= 4 is 0 Å². The van der Waals surface area contributed by atoms with Crippen molar-refractivity contribution in [3.05, 3.63) is 24.0 Å². The third-order valence-corrected chi connectivity index (χ3v) is 2.11. The highest BCUT2D eigenvalue weighted by atomic mass is 14.9. The molecule has 3 heteroatoms. The summed E-state index contributed by atoms with van der Waals surface area (Å²) in [5, 5.41) is 6.77. The predicted molar refractivity (Wildman–Crippen MR) is 60.5 cm³/mol. The van der Waals surface area contributed by atoms with Crippen LogP contribution in [0, 0.1) is 0 Å². The summed E-state index contributed by atoms with van der Waals surface area (Å²) in [6.07, 6.45) is 5.12. The molecule has 3 nitrogen and oxygen atoms in total. The van der Waals surface area contributed by atoms with Crippen LogP contribution in [0.5, 0.6) is 0 Å². The van der Waals surface area contributed by atoms with Gasteiger partial charge in [0.15, 0.2) is 0 Å². The average Bonchev–Trinajstić information content (AvgIpc) is 2.63. The van der Waals surface area contributed by atoms with Crippen molar-refractivity contribution in [3.8, 4) is 0 Å². The van der Waals surface area contributed by atoms with E-state index in [4.69, 9.17) is 0 Å². The summed E-state index contributed by atoms with van der Waals surface area (Å²) < 4.78 is 0. The fraction of sp³-hybridized carbons (Fsp3) is 0.636. The summed E-state index contributed by atoms with van der Waals surface area (Å²) in [6, 6.07) is 2.70. The van der Waals surface area contributed by atoms with Gasteiger partial charge in [-0.2, -0.15) is 0 Å². The summed E-state index contributed by atoms with van der Waals surface area (Å²) in [4.78, 5) is 3.06. The van der Waals surface area contributed by atoms with Gasteiger partial charge >= 0.3 is 0 Å². The second-order valence-electron chi connectivity index (χ2n) is 3.83. The maximum atomic E-state index is 3.40. The topological polar surface area (TPSA) is 39.8 Å². The van der Waals surface area contributed by atoms with E-state index in [1.54, 1.807) is 0 Å². The number of hydrogen-bond donors (Lipinski definition) is 3. The zero-order valence-corrected chi connectivity index (χ0v) is 9.14. The van der Waals surface area contributed by atoms with E-state index >= 15 is 0 Å². The lowest BCUT2D eigenvalue weighted by molar-refractivity contribution is 0.556. The van der Waals surface area contributed by atoms with Crippen LogP contribution in [0.2, 0.25) is 0 Å². The second kappa shape index (κ2) is 6.62. The molecular formula is C11H21N3. The summed E-state index contributed by atoms with van der Waals surface area (Å²) in [5.74, 6) is 0. The molecule has 0 saturated carbocycles. The monoisotopic (exact) mass is 195 g/mol. The van der Waals surface area contributed by atoms with Crippen LogP contribution >= 0.6 is 0 Å². The maximum absolute atomic E-state index is 3.40. The molecule has 0 aliphatic heterocycles. The van der Waals surface area contributed by atoms with E-state index in [0.29, 0.717) is 6.04 Å². The van der Waals surface area contributed by atoms with Gasteiger partial charge < -0.3 is 15.6 Å². The number of rotatable bonds is 7. The Morgan fingerprint density at radius 1 is 1.29 bits per heavy atom. The van der Waals surface area contributed by atoms with Crippen LogP contribution in [0.3, 0.4) is 0 Å². The summed E-state index contributed by atoms with van der Waals surface area (Å²) in [7, 11) is 0. The van der Waals surface area contributed by atoms with Crippen molar-refractivity contribution in [1.82, 2.24) is 15.6 Å². The van der Waals surface area contributed by atoms with E-state index in [2.05, 4.69) is 35.5 Å². The SMILES string of the molecule is CC(C)NCCNCCc1cc[nH]c1. The van der Waals surface area contributed by atoms with Crippen molar-refractivity contribution in [2.75, 3.05) is 19.6 Å². The average molecular weight is 195 g/mol. The van der Waals surface area contributed by atoms with Crippen molar-refractivity contribution in [2.45, 2.75) is 26.3 Å². The van der Waals surface area contributed by atoms with Gasteiger partial charge in [-0.05, 0) is 24.6 Å². The molecule has 1 heterocycles. The molecule has 0 unspecified atom stereocenters. The lowest BCUT2D eigenvalue weighted by Crippen LogP contribution is -2.32. The van der Waals surface area contributed by atoms with Crippen LogP contribution in [-0.2, 0) is 6.42 Å². The number of aromatic amines is 1. The highest BCUT2D eigenvalue weighted by Crippen LogP contribution is 1.95. The normalized spacial score (nSPS) is 11.1. The summed E-state index contributed by atoms with van der Waals surface area (Å²) in [6.45, 7) is 7.48. The molecular weight excluding hydrogens is 174 g/mol. The second-order valence-corrected chi connectivity index (χ2v) is 3.83. The van der Waals surface area contributed by atoms with Gasteiger partial charge in [-0.15, -0.1) is 0 Å². The van der Waals surface area contributed by atoms with Gasteiger partial charge in [0.1, 0.15) is 0 Å². The quantitative estimate of drug-likeness (QED) is 0.571. The zero-order chi connectivity index (χ0) is 10.2. The largest absolute Gasteiger partial charge is 0.367 e. The van der Waals surface area contributed by atoms with Crippen LogP contribution in [0.15, 0.2) is 18.5 Å². The molecule has 14 heavy (non-hydrogen) atoms. The standard InChI is InChI=1S/C11H21N3/c1-10(2)14-8-7-12-5-3-11-4-6-13-9-11/h4,6,9-10,12-14H,3,5,7-8H2,1-2H3. The zero-order valence-electron chi connectivity index (χ0n) is 9.14. The molecule has 0 bridgehead atoms. The Kier molecular flexibility index (Phi) is 5.33. The van der Waals surface area contributed by atoms with Crippen molar-refractivity contribution in [2.24, 2.45) is 0 Å². The highest BCUT2D eigenvalue weighted by molar-refractivity contribution is 5.08. The lowest BCUT2D eigenvalue weighted by Gasteiger charge is -2.08. The molecule has 0 atom stereocenters. The summed E-state index contributed by atoms with van der Waals surface area (Å²) in [5.41, 5.74) is 1.37. The van der Waals surface area contributed by atoms with Crippen LogP contribution in [-0.4, -0.2) is 30.7 Å². The molecule has 0 fully saturated rings. The Balaban J connectivity index is 1.90. The van der Waals surface area contributed by atoms with Gasteiger partial charge in [0.25, 0.3) is 0 Å². The number of hydrogen-bond acceptors (Lipinski definition) is 2. The minimum absolute atomic E-state index is 0.585. The molecule has 80 valence electrons. The maximum Gasteiger partial charge on any atom is 0.00790 e. The molecule has 0 amide bonds. The van der Waals surface area contributed by atoms with E-state index in [1.807, 2.05) is 12.4 Å². The van der Waals surface area contributed by atoms with Crippen LogP contribution in [0.25, 0.3) is 0 Å². The van der Waals surface area contributed by atoms with Crippen LogP contribution in [0.4, 0.5) is 0 Å². The number of nitrogens with one attached hydrogen (secondary N) is 3. The first-order valence-electron chi connectivity index (χ1n) is 5.35.